The molecule has 0 aliphatic rings. The van der Waals surface area contributed by atoms with Crippen molar-refractivity contribution in [3.05, 3.63) is 65.9 Å². The number of aryl methyl sites for hydroxylation is 1. The minimum absolute atomic E-state index is 0.00818. The lowest BCUT2D eigenvalue weighted by Gasteiger charge is -2.09. The van der Waals surface area contributed by atoms with Gasteiger partial charge in [0.05, 0.1) is 16.3 Å². The van der Waals surface area contributed by atoms with E-state index >= 15 is 0 Å². The maximum Gasteiger partial charge on any atom is 0.435 e. The molecule has 0 atom stereocenters. The van der Waals surface area contributed by atoms with Crippen LogP contribution in [0.4, 0.5) is 13.2 Å². The minimum Gasteiger partial charge on any atom is -0.233 e. The van der Waals surface area contributed by atoms with Crippen LogP contribution in [0.15, 0.2) is 59.5 Å². The van der Waals surface area contributed by atoms with E-state index in [-0.39, 0.29) is 10.6 Å². The topological polar surface area (TPSA) is 64.0 Å². The summed E-state index contributed by atoms with van der Waals surface area (Å²) in [5, 5.41) is 3.69. The van der Waals surface area contributed by atoms with Crippen molar-refractivity contribution in [1.29, 1.82) is 0 Å². The van der Waals surface area contributed by atoms with E-state index in [0.29, 0.717) is 11.3 Å². The Hall–Kier alpha value is -2.65. The van der Waals surface area contributed by atoms with E-state index in [1.807, 2.05) is 20.8 Å². The quantitative estimate of drug-likeness (QED) is 0.653. The van der Waals surface area contributed by atoms with E-state index in [2.05, 4.69) is 9.82 Å². The lowest BCUT2D eigenvalue weighted by Crippen LogP contribution is -2.18. The summed E-state index contributed by atoms with van der Waals surface area (Å²) in [4.78, 5) is 0.00818. The molecular formula is C20H22F3N3O2S. The van der Waals surface area contributed by atoms with Gasteiger partial charge in [0.1, 0.15) is 0 Å². The highest BCUT2D eigenvalue weighted by Crippen LogP contribution is 2.33. The summed E-state index contributed by atoms with van der Waals surface area (Å²) in [6.07, 6.45) is -4.60. The number of rotatable bonds is 4. The molecule has 3 rings (SSSR count). The summed E-state index contributed by atoms with van der Waals surface area (Å²) in [6.45, 7) is 5.88. The van der Waals surface area contributed by atoms with Gasteiger partial charge in [0, 0.05) is 5.56 Å². The SMILES string of the molecule is CC.CNS(=O)(=O)c1ccc(-n2nc(C(F)(F)F)cc2-c2ccc(C)cc2)cc1. The van der Waals surface area contributed by atoms with Crippen LogP contribution >= 0.6 is 0 Å². The Balaban J connectivity index is 0.00000145. The molecule has 0 amide bonds. The second-order valence-electron chi connectivity index (χ2n) is 5.89. The first kappa shape index (κ1) is 22.6. The van der Waals surface area contributed by atoms with Gasteiger partial charge in [-0.25, -0.2) is 17.8 Å². The molecule has 9 heteroatoms. The van der Waals surface area contributed by atoms with Crippen molar-refractivity contribution < 1.29 is 21.6 Å². The van der Waals surface area contributed by atoms with Crippen molar-refractivity contribution in [2.45, 2.75) is 31.8 Å². The van der Waals surface area contributed by atoms with Crippen LogP contribution in [0.25, 0.3) is 16.9 Å². The fourth-order valence-corrected chi connectivity index (χ4v) is 3.26. The number of hydrogen-bond acceptors (Lipinski definition) is 3. The average molecular weight is 425 g/mol. The molecule has 0 saturated carbocycles. The zero-order valence-corrected chi connectivity index (χ0v) is 17.3. The summed E-state index contributed by atoms with van der Waals surface area (Å²) >= 11 is 0. The third-order valence-corrected chi connectivity index (χ3v) is 5.44. The van der Waals surface area contributed by atoms with Crippen molar-refractivity contribution >= 4 is 10.0 Å². The number of nitrogens with one attached hydrogen (secondary N) is 1. The molecule has 0 spiro atoms. The molecule has 3 aromatic rings. The van der Waals surface area contributed by atoms with Crippen molar-refractivity contribution in [3.8, 4) is 16.9 Å². The molecule has 0 bridgehead atoms. The van der Waals surface area contributed by atoms with Gasteiger partial charge in [-0.15, -0.1) is 0 Å². The van der Waals surface area contributed by atoms with Gasteiger partial charge in [0.15, 0.2) is 5.69 Å². The van der Waals surface area contributed by atoms with Crippen molar-refractivity contribution in [2.75, 3.05) is 7.05 Å². The zero-order chi connectivity index (χ0) is 21.8. The van der Waals surface area contributed by atoms with Crippen LogP contribution in [0.2, 0.25) is 0 Å². The molecule has 0 saturated heterocycles. The van der Waals surface area contributed by atoms with Crippen molar-refractivity contribution in [3.63, 3.8) is 0 Å². The lowest BCUT2D eigenvalue weighted by molar-refractivity contribution is -0.141. The van der Waals surface area contributed by atoms with Gasteiger partial charge >= 0.3 is 6.18 Å². The highest BCUT2D eigenvalue weighted by atomic mass is 32.2. The molecule has 1 N–H and O–H groups in total. The first-order chi connectivity index (χ1) is 13.6. The number of sulfonamides is 1. The largest absolute Gasteiger partial charge is 0.435 e. The molecule has 0 aliphatic carbocycles. The minimum atomic E-state index is -4.60. The van der Waals surface area contributed by atoms with Gasteiger partial charge in [-0.3, -0.25) is 0 Å². The molecule has 2 aromatic carbocycles. The third kappa shape index (κ3) is 5.04. The normalized spacial score (nSPS) is 11.7. The van der Waals surface area contributed by atoms with E-state index < -0.39 is 21.9 Å². The highest BCUT2D eigenvalue weighted by Gasteiger charge is 2.35. The maximum atomic E-state index is 13.2. The van der Waals surface area contributed by atoms with E-state index in [1.54, 1.807) is 24.3 Å². The van der Waals surface area contributed by atoms with E-state index in [9.17, 15) is 21.6 Å². The number of alkyl halides is 3. The second kappa shape index (κ2) is 8.79. The lowest BCUT2D eigenvalue weighted by atomic mass is 10.1. The number of aromatic nitrogens is 2. The molecule has 0 unspecified atom stereocenters. The number of hydrogen-bond donors (Lipinski definition) is 1. The molecule has 156 valence electrons. The van der Waals surface area contributed by atoms with Crippen molar-refractivity contribution in [2.24, 2.45) is 0 Å². The Morgan fingerprint density at radius 2 is 1.52 bits per heavy atom. The van der Waals surface area contributed by atoms with Crippen LogP contribution in [0.5, 0.6) is 0 Å². The number of halogens is 3. The first-order valence-corrected chi connectivity index (χ1v) is 10.4. The van der Waals surface area contributed by atoms with Gasteiger partial charge < -0.3 is 0 Å². The fraction of sp³-hybridized carbons (Fsp3) is 0.250. The number of nitrogens with zero attached hydrogens (tertiary/aromatic N) is 2. The van der Waals surface area contributed by atoms with Crippen LogP contribution < -0.4 is 4.72 Å². The summed E-state index contributed by atoms with van der Waals surface area (Å²) in [7, 11) is -2.36. The van der Waals surface area contributed by atoms with Crippen LogP contribution in [0.1, 0.15) is 25.1 Å². The van der Waals surface area contributed by atoms with E-state index in [4.69, 9.17) is 0 Å². The molecule has 0 radical (unpaired) electrons. The predicted octanol–water partition coefficient (Wildman–Crippen LogP) is 4.80. The van der Waals surface area contributed by atoms with Gasteiger partial charge in [0.25, 0.3) is 0 Å². The molecule has 0 aliphatic heterocycles. The van der Waals surface area contributed by atoms with Crippen LogP contribution in [0, 0.1) is 6.92 Å². The van der Waals surface area contributed by atoms with Gasteiger partial charge in [-0.2, -0.15) is 18.3 Å². The molecule has 5 nitrogen and oxygen atoms in total. The molecule has 1 heterocycles. The highest BCUT2D eigenvalue weighted by molar-refractivity contribution is 7.89. The Kier molecular flexibility index (Phi) is 6.86. The predicted molar refractivity (Wildman–Crippen MR) is 106 cm³/mol. The monoisotopic (exact) mass is 425 g/mol. The molecule has 1 aromatic heterocycles. The summed E-state index contributed by atoms with van der Waals surface area (Å²) in [5.41, 5.74) is 1.09. The molecule has 29 heavy (non-hydrogen) atoms. The average Bonchev–Trinajstić information content (AvgIpc) is 3.16. The Morgan fingerprint density at radius 3 is 2.00 bits per heavy atom. The van der Waals surface area contributed by atoms with Crippen molar-refractivity contribution in [1.82, 2.24) is 14.5 Å². The second-order valence-corrected chi connectivity index (χ2v) is 7.78. The smallest absolute Gasteiger partial charge is 0.233 e. The standard InChI is InChI=1S/C18H16F3N3O2S.C2H6/c1-12-3-5-13(6-4-12)16-11-17(18(19,20)21)23-24(16)14-7-9-15(10-8-14)27(25,26)22-2;1-2/h3-11,22H,1-2H3;1-2H3. The van der Waals surface area contributed by atoms with Gasteiger partial charge in [-0.1, -0.05) is 43.7 Å². The third-order valence-electron chi connectivity index (χ3n) is 4.01. The van der Waals surface area contributed by atoms with Crippen LogP contribution in [0.3, 0.4) is 0 Å². The Labute approximate surface area is 168 Å². The summed E-state index contributed by atoms with van der Waals surface area (Å²) in [6, 6.07) is 13.4. The van der Waals surface area contributed by atoms with Gasteiger partial charge in [0.2, 0.25) is 10.0 Å². The first-order valence-electron chi connectivity index (χ1n) is 8.90. The summed E-state index contributed by atoms with van der Waals surface area (Å²) < 4.78 is 66.5. The van der Waals surface area contributed by atoms with E-state index in [1.165, 1.54) is 31.3 Å². The Bertz CT molecular complexity index is 1060. The molecular weight excluding hydrogens is 403 g/mol. The van der Waals surface area contributed by atoms with E-state index in [0.717, 1.165) is 16.3 Å². The fourth-order valence-electron chi connectivity index (χ4n) is 2.53. The maximum absolute atomic E-state index is 13.2. The van der Waals surface area contributed by atoms with Crippen LogP contribution in [-0.2, 0) is 16.2 Å². The zero-order valence-electron chi connectivity index (χ0n) is 16.4. The Morgan fingerprint density at radius 1 is 0.966 bits per heavy atom. The van der Waals surface area contributed by atoms with Gasteiger partial charge in [-0.05, 0) is 44.3 Å². The van der Waals surface area contributed by atoms with Crippen LogP contribution in [-0.4, -0.2) is 25.2 Å². The number of benzene rings is 2. The molecule has 0 fully saturated rings. The summed E-state index contributed by atoms with van der Waals surface area (Å²) in [5.74, 6) is 0.